The third kappa shape index (κ3) is 3.22. The van der Waals surface area contributed by atoms with Gasteiger partial charge in [0.1, 0.15) is 0 Å². The molecule has 4 heteroatoms. The highest BCUT2D eigenvalue weighted by atomic mass is 127. The van der Waals surface area contributed by atoms with E-state index in [1.165, 1.54) is 22.0 Å². The van der Waals surface area contributed by atoms with Crippen LogP contribution in [-0.2, 0) is 0 Å². The van der Waals surface area contributed by atoms with Crippen LogP contribution in [-0.4, -0.2) is 13.1 Å². The van der Waals surface area contributed by atoms with Crippen LogP contribution in [0.4, 0.5) is 0 Å². The summed E-state index contributed by atoms with van der Waals surface area (Å²) in [5.74, 6) is 0.651. The van der Waals surface area contributed by atoms with Crippen molar-refractivity contribution in [1.82, 2.24) is 5.32 Å². The molecule has 0 aliphatic carbocycles. The second-order valence-electron chi connectivity index (χ2n) is 3.67. The van der Waals surface area contributed by atoms with Gasteiger partial charge in [0.2, 0.25) is 0 Å². The Bertz CT molecular complexity index is 324. The van der Waals surface area contributed by atoms with E-state index in [1.807, 2.05) is 0 Å². The van der Waals surface area contributed by atoms with Crippen LogP contribution in [0.5, 0.6) is 0 Å². The smallest absolute Gasteiger partial charge is 0.0574 e. The molecule has 0 amide bonds. The van der Waals surface area contributed by atoms with E-state index in [-0.39, 0.29) is 12.4 Å². The molecule has 1 N–H and O–H groups in total. The molecule has 2 rings (SSSR count). The molecule has 1 saturated heterocycles. The van der Waals surface area contributed by atoms with E-state index in [9.17, 15) is 0 Å². The minimum Gasteiger partial charge on any atom is -0.317 e. The highest BCUT2D eigenvalue weighted by Crippen LogP contribution is 2.33. The van der Waals surface area contributed by atoms with Gasteiger partial charge in [-0.15, -0.1) is 12.4 Å². The maximum absolute atomic E-state index is 6.30. The molecule has 1 fully saturated rings. The lowest BCUT2D eigenvalue weighted by molar-refractivity contribution is 0.460. The van der Waals surface area contributed by atoms with Crippen LogP contribution in [0.1, 0.15) is 24.3 Å². The zero-order valence-electron chi connectivity index (χ0n) is 8.30. The standard InChI is InChI=1S/C11H13ClIN.ClH/c12-11-9(2-1-3-10(11)13)8-4-6-14-7-5-8;/h1-3,8,14H,4-7H2;1H. The number of nitrogens with one attached hydrogen (secondary N) is 1. The highest BCUT2D eigenvalue weighted by Gasteiger charge is 2.18. The van der Waals surface area contributed by atoms with E-state index >= 15 is 0 Å². The topological polar surface area (TPSA) is 12.0 Å². The molecule has 15 heavy (non-hydrogen) atoms. The van der Waals surface area contributed by atoms with Crippen molar-refractivity contribution in [2.75, 3.05) is 13.1 Å². The Morgan fingerprint density at radius 3 is 2.60 bits per heavy atom. The third-order valence-corrected chi connectivity index (χ3v) is 4.40. The number of piperidine rings is 1. The van der Waals surface area contributed by atoms with Crippen molar-refractivity contribution in [3.8, 4) is 0 Å². The van der Waals surface area contributed by atoms with Crippen LogP contribution in [0, 0.1) is 3.57 Å². The Hall–Kier alpha value is 0.490. The Labute approximate surface area is 116 Å². The average molecular weight is 358 g/mol. The summed E-state index contributed by atoms with van der Waals surface area (Å²) in [4.78, 5) is 0. The second-order valence-corrected chi connectivity index (χ2v) is 5.21. The summed E-state index contributed by atoms with van der Waals surface area (Å²) in [6, 6.07) is 6.33. The van der Waals surface area contributed by atoms with Gasteiger partial charge in [-0.05, 0) is 66.1 Å². The largest absolute Gasteiger partial charge is 0.317 e. The molecule has 0 aromatic heterocycles. The van der Waals surface area contributed by atoms with Crippen LogP contribution in [0.25, 0.3) is 0 Å². The summed E-state index contributed by atoms with van der Waals surface area (Å²) in [6.45, 7) is 2.24. The first-order valence-electron chi connectivity index (χ1n) is 4.93. The molecule has 0 saturated carbocycles. The minimum atomic E-state index is 0. The summed E-state index contributed by atoms with van der Waals surface area (Å²) in [7, 11) is 0. The molecule has 1 aromatic carbocycles. The Kier molecular flexibility index (Phi) is 5.68. The highest BCUT2D eigenvalue weighted by molar-refractivity contribution is 14.1. The van der Waals surface area contributed by atoms with Gasteiger partial charge >= 0.3 is 0 Å². The minimum absolute atomic E-state index is 0. The second kappa shape index (κ2) is 6.28. The van der Waals surface area contributed by atoms with Gasteiger partial charge in [0.25, 0.3) is 0 Å². The van der Waals surface area contributed by atoms with Gasteiger partial charge in [-0.25, -0.2) is 0 Å². The van der Waals surface area contributed by atoms with Crippen LogP contribution in [0.2, 0.25) is 5.02 Å². The quantitative estimate of drug-likeness (QED) is 0.753. The van der Waals surface area contributed by atoms with Crippen molar-refractivity contribution in [2.24, 2.45) is 0 Å². The van der Waals surface area contributed by atoms with Crippen LogP contribution >= 0.6 is 46.6 Å². The van der Waals surface area contributed by atoms with Crippen molar-refractivity contribution in [3.05, 3.63) is 32.4 Å². The first-order chi connectivity index (χ1) is 6.79. The summed E-state index contributed by atoms with van der Waals surface area (Å²) >= 11 is 8.60. The first kappa shape index (κ1) is 13.6. The van der Waals surface area contributed by atoms with Gasteiger partial charge in [0.15, 0.2) is 0 Å². The molecular formula is C11H14Cl2IN. The normalized spacial score (nSPS) is 17.2. The molecule has 1 heterocycles. The van der Waals surface area contributed by atoms with E-state index in [2.05, 4.69) is 46.1 Å². The maximum atomic E-state index is 6.30. The number of hydrogen-bond donors (Lipinski definition) is 1. The number of rotatable bonds is 1. The van der Waals surface area contributed by atoms with E-state index < -0.39 is 0 Å². The van der Waals surface area contributed by atoms with E-state index in [4.69, 9.17) is 11.6 Å². The SMILES string of the molecule is Cl.Clc1c(I)cccc1C1CCNCC1. The fourth-order valence-corrected chi connectivity index (χ4v) is 2.77. The predicted octanol–water partition coefficient (Wildman–Crippen LogP) is 3.83. The fraction of sp³-hybridized carbons (Fsp3) is 0.455. The molecule has 1 aliphatic heterocycles. The third-order valence-electron chi connectivity index (χ3n) is 2.76. The van der Waals surface area contributed by atoms with Gasteiger partial charge in [-0.3, -0.25) is 0 Å². The molecule has 1 nitrogen and oxygen atoms in total. The molecule has 0 unspecified atom stereocenters. The molecule has 1 aliphatic rings. The lowest BCUT2D eigenvalue weighted by Gasteiger charge is -2.24. The zero-order chi connectivity index (χ0) is 9.97. The van der Waals surface area contributed by atoms with E-state index in [1.54, 1.807) is 0 Å². The molecule has 0 atom stereocenters. The number of hydrogen-bond acceptors (Lipinski definition) is 1. The van der Waals surface area contributed by atoms with Crippen molar-refractivity contribution in [1.29, 1.82) is 0 Å². The summed E-state index contributed by atoms with van der Waals surface area (Å²) in [5.41, 5.74) is 1.33. The predicted molar refractivity (Wildman–Crippen MR) is 76.3 cm³/mol. The van der Waals surface area contributed by atoms with Crippen LogP contribution in [0.3, 0.4) is 0 Å². The van der Waals surface area contributed by atoms with Gasteiger partial charge in [0, 0.05) is 3.57 Å². The first-order valence-corrected chi connectivity index (χ1v) is 6.39. The summed E-state index contributed by atoms with van der Waals surface area (Å²) in [5, 5.41) is 4.33. The molecule has 84 valence electrons. The number of halogens is 3. The Balaban J connectivity index is 0.00000112. The van der Waals surface area contributed by atoms with Gasteiger partial charge in [-0.2, -0.15) is 0 Å². The van der Waals surface area contributed by atoms with Crippen molar-refractivity contribution < 1.29 is 0 Å². The van der Waals surface area contributed by atoms with Crippen LogP contribution < -0.4 is 5.32 Å². The molecule has 0 bridgehead atoms. The molecule has 0 radical (unpaired) electrons. The molecule has 0 spiro atoms. The van der Waals surface area contributed by atoms with Gasteiger partial charge in [0.05, 0.1) is 5.02 Å². The summed E-state index contributed by atoms with van der Waals surface area (Å²) in [6.07, 6.45) is 2.42. The lowest BCUT2D eigenvalue weighted by Crippen LogP contribution is -2.26. The average Bonchev–Trinajstić information content (AvgIpc) is 2.23. The Morgan fingerprint density at radius 2 is 1.93 bits per heavy atom. The summed E-state index contributed by atoms with van der Waals surface area (Å²) < 4.78 is 1.17. The maximum Gasteiger partial charge on any atom is 0.0574 e. The fourth-order valence-electron chi connectivity index (χ4n) is 1.97. The van der Waals surface area contributed by atoms with Crippen LogP contribution in [0.15, 0.2) is 18.2 Å². The molecule has 1 aromatic rings. The lowest BCUT2D eigenvalue weighted by atomic mass is 9.90. The van der Waals surface area contributed by atoms with E-state index in [0.29, 0.717) is 5.92 Å². The zero-order valence-corrected chi connectivity index (χ0v) is 12.0. The van der Waals surface area contributed by atoms with Crippen molar-refractivity contribution >= 4 is 46.6 Å². The Morgan fingerprint density at radius 1 is 1.27 bits per heavy atom. The van der Waals surface area contributed by atoms with Gasteiger partial charge in [-0.1, -0.05) is 23.7 Å². The monoisotopic (exact) mass is 357 g/mol. The molecular weight excluding hydrogens is 344 g/mol. The van der Waals surface area contributed by atoms with Crippen molar-refractivity contribution in [3.63, 3.8) is 0 Å². The number of benzene rings is 1. The van der Waals surface area contributed by atoms with E-state index in [0.717, 1.165) is 18.1 Å². The van der Waals surface area contributed by atoms with Crippen molar-refractivity contribution in [2.45, 2.75) is 18.8 Å². The van der Waals surface area contributed by atoms with Gasteiger partial charge < -0.3 is 5.32 Å².